The Morgan fingerprint density at radius 2 is 2.00 bits per heavy atom. The van der Waals surface area contributed by atoms with Crippen LogP contribution in [0.3, 0.4) is 0 Å². The van der Waals surface area contributed by atoms with Crippen LogP contribution in [0.1, 0.15) is 28.8 Å². The van der Waals surface area contributed by atoms with Gasteiger partial charge in [0.15, 0.2) is 0 Å². The highest BCUT2D eigenvalue weighted by Crippen LogP contribution is 2.14. The lowest BCUT2D eigenvalue weighted by Crippen LogP contribution is -2.27. The minimum absolute atomic E-state index is 0.109. The Labute approximate surface area is 134 Å². The summed E-state index contributed by atoms with van der Waals surface area (Å²) < 4.78 is 1.52. The molecule has 0 aliphatic heterocycles. The second-order valence-electron chi connectivity index (χ2n) is 5.33. The van der Waals surface area contributed by atoms with Gasteiger partial charge in [-0.3, -0.25) is 4.79 Å². The topological polar surface area (TPSA) is 72.7 Å². The Morgan fingerprint density at radius 3 is 2.74 bits per heavy atom. The Hall–Kier alpha value is -3.02. The number of nitrogens with zero attached hydrogens (tertiary/aromatic N) is 4. The number of carbonyl (C=O) groups is 1. The molecule has 1 N–H and O–H groups in total. The highest BCUT2D eigenvalue weighted by atomic mass is 16.1. The van der Waals surface area contributed by atoms with E-state index >= 15 is 0 Å². The summed E-state index contributed by atoms with van der Waals surface area (Å²) in [5, 5.41) is 14.0. The van der Waals surface area contributed by atoms with Gasteiger partial charge in [0.2, 0.25) is 0 Å². The molecule has 6 heteroatoms. The zero-order valence-electron chi connectivity index (χ0n) is 12.8. The van der Waals surface area contributed by atoms with Gasteiger partial charge in [0.25, 0.3) is 5.91 Å². The number of benzene rings is 2. The standard InChI is InChI=1S/C17H17N5O/c1-13(14-6-3-2-4-7-14)11-18-17(23)15-8-5-9-16(10-15)22-12-19-20-21-22/h2-10,12-13H,11H2,1H3,(H,18,23)/t13-/m1/s1. The number of tetrazole rings is 1. The van der Waals surface area contributed by atoms with E-state index < -0.39 is 0 Å². The molecule has 0 fully saturated rings. The van der Waals surface area contributed by atoms with Gasteiger partial charge in [0, 0.05) is 12.1 Å². The lowest BCUT2D eigenvalue weighted by atomic mass is 10.0. The van der Waals surface area contributed by atoms with Crippen molar-refractivity contribution in [2.75, 3.05) is 6.54 Å². The number of amides is 1. The minimum Gasteiger partial charge on any atom is -0.351 e. The molecule has 0 saturated carbocycles. The van der Waals surface area contributed by atoms with E-state index in [-0.39, 0.29) is 11.8 Å². The van der Waals surface area contributed by atoms with E-state index in [1.807, 2.05) is 30.3 Å². The molecule has 1 amide bonds. The maximum Gasteiger partial charge on any atom is 0.251 e. The third-order valence-electron chi connectivity index (χ3n) is 3.66. The Bertz CT molecular complexity index is 771. The molecular weight excluding hydrogens is 290 g/mol. The molecule has 3 rings (SSSR count). The van der Waals surface area contributed by atoms with E-state index in [0.29, 0.717) is 12.1 Å². The van der Waals surface area contributed by atoms with Gasteiger partial charge >= 0.3 is 0 Å². The molecule has 1 atom stereocenters. The maximum atomic E-state index is 12.3. The largest absolute Gasteiger partial charge is 0.351 e. The normalized spacial score (nSPS) is 11.9. The van der Waals surface area contributed by atoms with Crippen LogP contribution in [-0.4, -0.2) is 32.7 Å². The predicted molar refractivity (Wildman–Crippen MR) is 86.3 cm³/mol. The van der Waals surface area contributed by atoms with Crippen molar-refractivity contribution in [3.8, 4) is 5.69 Å². The maximum absolute atomic E-state index is 12.3. The van der Waals surface area contributed by atoms with Crippen LogP contribution in [-0.2, 0) is 0 Å². The highest BCUT2D eigenvalue weighted by Gasteiger charge is 2.10. The fourth-order valence-electron chi connectivity index (χ4n) is 2.32. The quantitative estimate of drug-likeness (QED) is 0.784. The molecule has 0 spiro atoms. The summed E-state index contributed by atoms with van der Waals surface area (Å²) in [6.45, 7) is 2.67. The smallest absolute Gasteiger partial charge is 0.251 e. The van der Waals surface area contributed by atoms with Crippen molar-refractivity contribution in [1.82, 2.24) is 25.5 Å². The first kappa shape index (κ1) is 14.9. The summed E-state index contributed by atoms with van der Waals surface area (Å²) in [5.41, 5.74) is 2.53. The van der Waals surface area contributed by atoms with E-state index in [1.165, 1.54) is 16.6 Å². The van der Waals surface area contributed by atoms with Gasteiger partial charge in [0.1, 0.15) is 6.33 Å². The first-order valence-electron chi connectivity index (χ1n) is 7.40. The first-order chi connectivity index (χ1) is 11.2. The number of carbonyl (C=O) groups excluding carboxylic acids is 1. The second-order valence-corrected chi connectivity index (χ2v) is 5.33. The Balaban J connectivity index is 1.66. The van der Waals surface area contributed by atoms with Crippen LogP contribution in [0.25, 0.3) is 5.69 Å². The van der Waals surface area contributed by atoms with E-state index in [4.69, 9.17) is 0 Å². The molecule has 1 aromatic heterocycles. The van der Waals surface area contributed by atoms with Crippen LogP contribution in [0.2, 0.25) is 0 Å². The molecule has 3 aromatic rings. The van der Waals surface area contributed by atoms with Crippen LogP contribution >= 0.6 is 0 Å². The summed E-state index contributed by atoms with van der Waals surface area (Å²) >= 11 is 0. The van der Waals surface area contributed by atoms with Crippen molar-refractivity contribution in [3.05, 3.63) is 72.1 Å². The number of hydrogen-bond acceptors (Lipinski definition) is 4. The van der Waals surface area contributed by atoms with Crippen LogP contribution < -0.4 is 5.32 Å². The number of rotatable bonds is 5. The summed E-state index contributed by atoms with van der Waals surface area (Å²) in [6.07, 6.45) is 1.49. The van der Waals surface area contributed by atoms with Gasteiger partial charge < -0.3 is 5.32 Å². The monoisotopic (exact) mass is 307 g/mol. The van der Waals surface area contributed by atoms with E-state index in [2.05, 4.69) is 39.9 Å². The molecule has 1 heterocycles. The van der Waals surface area contributed by atoms with Crippen molar-refractivity contribution in [3.63, 3.8) is 0 Å². The molecule has 116 valence electrons. The lowest BCUT2D eigenvalue weighted by Gasteiger charge is -2.13. The number of hydrogen-bond donors (Lipinski definition) is 1. The predicted octanol–water partition coefficient (Wildman–Crippen LogP) is 2.20. The van der Waals surface area contributed by atoms with Crippen LogP contribution in [0.4, 0.5) is 0 Å². The van der Waals surface area contributed by atoms with Crippen molar-refractivity contribution in [2.24, 2.45) is 0 Å². The summed E-state index contributed by atoms with van der Waals surface area (Å²) in [6, 6.07) is 17.3. The van der Waals surface area contributed by atoms with Crippen molar-refractivity contribution in [2.45, 2.75) is 12.8 Å². The van der Waals surface area contributed by atoms with Crippen LogP contribution in [0.15, 0.2) is 60.9 Å². The molecule has 0 unspecified atom stereocenters. The molecule has 0 bridgehead atoms. The zero-order chi connectivity index (χ0) is 16.1. The summed E-state index contributed by atoms with van der Waals surface area (Å²) in [4.78, 5) is 12.3. The van der Waals surface area contributed by atoms with Gasteiger partial charge in [-0.15, -0.1) is 5.10 Å². The third kappa shape index (κ3) is 3.60. The Morgan fingerprint density at radius 1 is 1.17 bits per heavy atom. The highest BCUT2D eigenvalue weighted by molar-refractivity contribution is 5.94. The second kappa shape index (κ2) is 6.83. The van der Waals surface area contributed by atoms with Crippen LogP contribution in [0.5, 0.6) is 0 Å². The SMILES string of the molecule is C[C@H](CNC(=O)c1cccc(-n2cnnn2)c1)c1ccccc1. The lowest BCUT2D eigenvalue weighted by molar-refractivity contribution is 0.0951. The fourth-order valence-corrected chi connectivity index (χ4v) is 2.32. The molecule has 2 aromatic carbocycles. The molecular formula is C17H17N5O. The molecule has 0 saturated heterocycles. The van der Waals surface area contributed by atoms with Crippen LogP contribution in [0, 0.1) is 0 Å². The van der Waals surface area contributed by atoms with Gasteiger partial charge in [-0.25, -0.2) is 4.68 Å². The first-order valence-corrected chi connectivity index (χ1v) is 7.40. The van der Waals surface area contributed by atoms with E-state index in [0.717, 1.165) is 5.69 Å². The Kier molecular flexibility index (Phi) is 4.42. The van der Waals surface area contributed by atoms with Crippen molar-refractivity contribution in [1.29, 1.82) is 0 Å². The summed E-state index contributed by atoms with van der Waals surface area (Å²) in [7, 11) is 0. The minimum atomic E-state index is -0.109. The average molecular weight is 307 g/mol. The van der Waals surface area contributed by atoms with Gasteiger partial charge in [-0.1, -0.05) is 43.3 Å². The van der Waals surface area contributed by atoms with Crippen molar-refractivity contribution < 1.29 is 4.79 Å². The van der Waals surface area contributed by atoms with E-state index in [1.54, 1.807) is 12.1 Å². The number of aromatic nitrogens is 4. The van der Waals surface area contributed by atoms with Gasteiger partial charge in [-0.05, 0) is 40.1 Å². The third-order valence-corrected chi connectivity index (χ3v) is 3.66. The summed E-state index contributed by atoms with van der Waals surface area (Å²) in [5.74, 6) is 0.144. The molecule has 6 nitrogen and oxygen atoms in total. The van der Waals surface area contributed by atoms with Gasteiger partial charge in [0.05, 0.1) is 5.69 Å². The molecule has 0 aliphatic carbocycles. The fraction of sp³-hybridized carbons (Fsp3) is 0.176. The van der Waals surface area contributed by atoms with E-state index in [9.17, 15) is 4.79 Å². The number of nitrogens with one attached hydrogen (secondary N) is 1. The van der Waals surface area contributed by atoms with Crippen molar-refractivity contribution >= 4 is 5.91 Å². The zero-order valence-corrected chi connectivity index (χ0v) is 12.8. The molecule has 23 heavy (non-hydrogen) atoms. The molecule has 0 radical (unpaired) electrons. The average Bonchev–Trinajstić information content (AvgIpc) is 3.15. The van der Waals surface area contributed by atoms with Gasteiger partial charge in [-0.2, -0.15) is 0 Å². The molecule has 0 aliphatic rings.